The van der Waals surface area contributed by atoms with E-state index in [1.165, 1.54) is 19.3 Å². The van der Waals surface area contributed by atoms with E-state index in [1.54, 1.807) is 12.5 Å². The summed E-state index contributed by atoms with van der Waals surface area (Å²) in [5, 5.41) is 0. The second-order valence-corrected chi connectivity index (χ2v) is 7.03. The lowest BCUT2D eigenvalue weighted by molar-refractivity contribution is -0.102. The van der Waals surface area contributed by atoms with Crippen molar-refractivity contribution in [1.82, 2.24) is 0 Å². The average molecular weight is 202 g/mol. The van der Waals surface area contributed by atoms with Crippen molar-refractivity contribution in [3.05, 3.63) is 0 Å². The average Bonchev–Trinajstić information content (AvgIpc) is 2.05. The lowest BCUT2D eigenvalue weighted by atomic mass is 9.87. The molecule has 0 aromatic rings. The van der Waals surface area contributed by atoms with E-state index in [-0.39, 0.29) is 0 Å². The Hall–Kier alpha value is -0.310. The van der Waals surface area contributed by atoms with Gasteiger partial charge < -0.3 is 0 Å². The lowest BCUT2D eigenvalue weighted by Gasteiger charge is -2.22. The molecule has 1 fully saturated rings. The van der Waals surface area contributed by atoms with Gasteiger partial charge in [-0.05, 0) is 28.3 Å². The van der Waals surface area contributed by atoms with E-state index in [9.17, 15) is 9.00 Å². The van der Waals surface area contributed by atoms with Crippen molar-refractivity contribution in [2.24, 2.45) is 5.92 Å². The fourth-order valence-corrected chi connectivity index (χ4v) is 3.27. The van der Waals surface area contributed by atoms with Gasteiger partial charge in [0.05, 0.1) is 0 Å². The molecule has 1 aliphatic carbocycles. The van der Waals surface area contributed by atoms with Crippen LogP contribution in [0.3, 0.4) is 0 Å². The monoisotopic (exact) mass is 202 g/mol. The highest BCUT2D eigenvalue weighted by Crippen LogP contribution is 2.24. The first-order valence-corrected chi connectivity index (χ1v) is 7.19. The Morgan fingerprint density at radius 2 is 1.77 bits per heavy atom. The molecule has 76 valence electrons. The van der Waals surface area contributed by atoms with Crippen LogP contribution in [0.15, 0.2) is 0 Å². The highest BCUT2D eigenvalue weighted by Gasteiger charge is 2.20. The number of hydrogen-bond donors (Lipinski definition) is 0. The van der Waals surface area contributed by atoms with Crippen LogP contribution >= 0.6 is 0 Å². The highest BCUT2D eigenvalue weighted by atomic mass is 32.2. The molecule has 0 spiro atoms. The lowest BCUT2D eigenvalue weighted by Crippen LogP contribution is -2.25. The van der Waals surface area contributed by atoms with Gasteiger partial charge in [-0.1, -0.05) is 19.3 Å². The van der Waals surface area contributed by atoms with Gasteiger partial charge in [0.25, 0.3) is 0 Å². The van der Waals surface area contributed by atoms with Crippen LogP contribution in [-0.2, 0) is 14.3 Å². The molecule has 3 heteroatoms. The summed E-state index contributed by atoms with van der Waals surface area (Å²) in [6.07, 6.45) is 9.89. The number of carbonyl (C=O) groups excluding carboxylic acids is 1. The molecule has 0 unspecified atom stereocenters. The maximum atomic E-state index is 11.7. The molecular weight excluding hydrogens is 184 g/mol. The SMILES string of the molecule is CS(C)(=O)=C(C=O)C1CCCCC1. The molecular formula is C10H18O2S. The van der Waals surface area contributed by atoms with Gasteiger partial charge in [-0.2, -0.15) is 0 Å². The zero-order valence-electron chi connectivity index (χ0n) is 8.41. The Kier molecular flexibility index (Phi) is 3.54. The molecule has 13 heavy (non-hydrogen) atoms. The van der Waals surface area contributed by atoms with Crippen LogP contribution < -0.4 is 0 Å². The number of rotatable bonds is 2. The zero-order valence-corrected chi connectivity index (χ0v) is 9.23. The Bertz CT molecular complexity index is 284. The van der Waals surface area contributed by atoms with Crippen molar-refractivity contribution in [2.75, 3.05) is 12.5 Å². The van der Waals surface area contributed by atoms with Gasteiger partial charge in [0.15, 0.2) is 6.29 Å². The van der Waals surface area contributed by atoms with Gasteiger partial charge >= 0.3 is 0 Å². The maximum absolute atomic E-state index is 11.7. The number of aldehydes is 1. The van der Waals surface area contributed by atoms with Crippen molar-refractivity contribution in [3.8, 4) is 0 Å². The first-order chi connectivity index (χ1) is 6.05. The van der Waals surface area contributed by atoms with Crippen LogP contribution in [-0.4, -0.2) is 27.9 Å². The van der Waals surface area contributed by atoms with Gasteiger partial charge in [0, 0.05) is 17.4 Å². The van der Waals surface area contributed by atoms with Crippen molar-refractivity contribution in [3.63, 3.8) is 0 Å². The third-order valence-electron chi connectivity index (χ3n) is 2.69. The van der Waals surface area contributed by atoms with Crippen LogP contribution in [0.4, 0.5) is 0 Å². The molecule has 1 aliphatic rings. The number of carbonyl (C=O) groups is 1. The van der Waals surface area contributed by atoms with E-state index in [4.69, 9.17) is 0 Å². The summed E-state index contributed by atoms with van der Waals surface area (Å²) in [5.41, 5.74) is 0. The Morgan fingerprint density at radius 1 is 1.23 bits per heavy atom. The molecule has 0 radical (unpaired) electrons. The maximum Gasteiger partial charge on any atom is 0.154 e. The third-order valence-corrected chi connectivity index (χ3v) is 4.26. The van der Waals surface area contributed by atoms with E-state index in [0.29, 0.717) is 10.8 Å². The summed E-state index contributed by atoms with van der Waals surface area (Å²) < 4.78 is 11.7. The molecule has 0 saturated heterocycles. The smallest absolute Gasteiger partial charge is 0.154 e. The predicted molar refractivity (Wildman–Crippen MR) is 57.6 cm³/mol. The van der Waals surface area contributed by atoms with Gasteiger partial charge in [-0.15, -0.1) is 0 Å². The van der Waals surface area contributed by atoms with E-state index in [1.807, 2.05) is 0 Å². The normalized spacial score (nSPS) is 19.8. The Balaban J connectivity index is 2.90. The minimum Gasteiger partial charge on any atom is -0.298 e. The molecule has 0 aromatic carbocycles. The van der Waals surface area contributed by atoms with Gasteiger partial charge in [0.1, 0.15) is 0 Å². The first kappa shape index (κ1) is 10.8. The van der Waals surface area contributed by atoms with Crippen LogP contribution in [0.1, 0.15) is 32.1 Å². The highest BCUT2D eigenvalue weighted by molar-refractivity contribution is 8.02. The quantitative estimate of drug-likeness (QED) is 0.502. The zero-order chi connectivity index (χ0) is 9.90. The fraction of sp³-hybridized carbons (Fsp3) is 0.800. The molecule has 2 nitrogen and oxygen atoms in total. The van der Waals surface area contributed by atoms with Crippen LogP contribution in [0, 0.1) is 5.92 Å². The largest absolute Gasteiger partial charge is 0.298 e. The molecule has 1 saturated carbocycles. The molecule has 0 aliphatic heterocycles. The van der Waals surface area contributed by atoms with E-state index >= 15 is 0 Å². The summed E-state index contributed by atoms with van der Waals surface area (Å²) >= 11 is 0. The summed E-state index contributed by atoms with van der Waals surface area (Å²) in [4.78, 5) is 11.5. The minimum absolute atomic E-state index is 0.300. The molecule has 0 atom stereocenters. The summed E-state index contributed by atoms with van der Waals surface area (Å²) in [7, 11) is -2.02. The minimum atomic E-state index is -2.02. The van der Waals surface area contributed by atoms with Crippen LogP contribution in [0.5, 0.6) is 0 Å². The van der Waals surface area contributed by atoms with Gasteiger partial charge in [-0.25, -0.2) is 0 Å². The van der Waals surface area contributed by atoms with E-state index < -0.39 is 9.52 Å². The van der Waals surface area contributed by atoms with Crippen molar-refractivity contribution in [2.45, 2.75) is 32.1 Å². The van der Waals surface area contributed by atoms with Crippen molar-refractivity contribution in [1.29, 1.82) is 0 Å². The fourth-order valence-electron chi connectivity index (χ4n) is 2.00. The molecule has 0 N–H and O–H groups in total. The molecule has 0 bridgehead atoms. The molecule has 0 amide bonds. The molecule has 0 heterocycles. The molecule has 0 aromatic heterocycles. The topological polar surface area (TPSA) is 34.1 Å². The van der Waals surface area contributed by atoms with Crippen LogP contribution in [0.2, 0.25) is 0 Å². The van der Waals surface area contributed by atoms with Crippen molar-refractivity contribution < 1.29 is 9.00 Å². The van der Waals surface area contributed by atoms with Gasteiger partial charge in [-0.3, -0.25) is 9.00 Å². The second-order valence-electron chi connectivity index (χ2n) is 4.09. The van der Waals surface area contributed by atoms with Crippen molar-refractivity contribution >= 4 is 20.7 Å². The Labute approximate surface area is 80.7 Å². The molecule has 1 rings (SSSR count). The van der Waals surface area contributed by atoms with Gasteiger partial charge in [0.2, 0.25) is 0 Å². The summed E-state index contributed by atoms with van der Waals surface area (Å²) in [5.74, 6) is 0.300. The first-order valence-electron chi connectivity index (χ1n) is 4.82. The summed E-state index contributed by atoms with van der Waals surface area (Å²) in [6.45, 7) is 0. The number of hydrogen-bond acceptors (Lipinski definition) is 2. The van der Waals surface area contributed by atoms with Crippen LogP contribution in [0.25, 0.3) is 0 Å². The summed E-state index contributed by atoms with van der Waals surface area (Å²) in [6, 6.07) is 0. The Morgan fingerprint density at radius 3 is 2.15 bits per heavy atom. The second kappa shape index (κ2) is 4.27. The van der Waals surface area contributed by atoms with E-state index in [2.05, 4.69) is 0 Å². The predicted octanol–water partition coefficient (Wildman–Crippen LogP) is 1.48. The standard InChI is InChI=1S/C10H18O2S/c1-13(2,12)10(8-11)9-6-4-3-5-7-9/h8-9H,3-7H2,1-2H3. The third kappa shape index (κ3) is 2.83. The van der Waals surface area contributed by atoms with E-state index in [0.717, 1.165) is 19.1 Å².